The molecule has 1 fully saturated rings. The minimum absolute atomic E-state index is 0.0346. The van der Waals surface area contributed by atoms with E-state index in [1.54, 1.807) is 24.1 Å². The van der Waals surface area contributed by atoms with E-state index in [-0.39, 0.29) is 30.2 Å². The van der Waals surface area contributed by atoms with Gasteiger partial charge in [-0.3, -0.25) is 9.59 Å². The highest BCUT2D eigenvalue weighted by Crippen LogP contribution is 2.37. The molecular formula is C17H22Cl2N2O2. The number of rotatable bonds is 6. The van der Waals surface area contributed by atoms with Crippen LogP contribution in [0.5, 0.6) is 0 Å². The summed E-state index contributed by atoms with van der Waals surface area (Å²) >= 11 is 12.1. The first kappa shape index (κ1) is 18.1. The molecule has 0 aromatic heterocycles. The van der Waals surface area contributed by atoms with Gasteiger partial charge in [0.1, 0.15) is 0 Å². The van der Waals surface area contributed by atoms with E-state index in [4.69, 9.17) is 23.2 Å². The number of halogens is 2. The number of benzene rings is 1. The normalized spacial score (nSPS) is 20.7. The van der Waals surface area contributed by atoms with Crippen molar-refractivity contribution < 1.29 is 9.59 Å². The lowest BCUT2D eigenvalue weighted by Crippen LogP contribution is -2.34. The van der Waals surface area contributed by atoms with Gasteiger partial charge >= 0.3 is 0 Å². The van der Waals surface area contributed by atoms with Crippen LogP contribution < -0.4 is 5.32 Å². The fourth-order valence-corrected chi connectivity index (χ4v) is 3.12. The quantitative estimate of drug-likeness (QED) is 0.845. The molecule has 2 amide bonds. The van der Waals surface area contributed by atoms with Crippen molar-refractivity contribution in [3.63, 3.8) is 0 Å². The molecule has 0 heterocycles. The van der Waals surface area contributed by atoms with Gasteiger partial charge < -0.3 is 10.2 Å². The molecule has 23 heavy (non-hydrogen) atoms. The summed E-state index contributed by atoms with van der Waals surface area (Å²) < 4.78 is 0. The van der Waals surface area contributed by atoms with Crippen molar-refractivity contribution in [2.45, 2.75) is 32.7 Å². The second kappa shape index (κ2) is 7.54. The summed E-state index contributed by atoms with van der Waals surface area (Å²) in [5.74, 6) is 0.629. The molecule has 0 spiro atoms. The second-order valence-electron chi connectivity index (χ2n) is 6.21. The van der Waals surface area contributed by atoms with Gasteiger partial charge in [0.2, 0.25) is 11.8 Å². The highest BCUT2D eigenvalue weighted by molar-refractivity contribution is 6.35. The minimum Gasteiger partial charge on any atom is -0.355 e. The van der Waals surface area contributed by atoms with Crippen molar-refractivity contribution in [3.05, 3.63) is 33.8 Å². The van der Waals surface area contributed by atoms with Crippen molar-refractivity contribution >= 4 is 35.0 Å². The standard InChI is InChI=1S/C17H22Cl2N2O2/c1-10-8-14(10)17(23)20-7-6-16(22)21(3)11(2)13-5-4-12(18)9-15(13)19/h4-5,9-11,14H,6-8H2,1-3H3,(H,20,23). The Labute approximate surface area is 147 Å². The van der Waals surface area contributed by atoms with E-state index >= 15 is 0 Å². The first-order valence-electron chi connectivity index (χ1n) is 7.79. The first-order chi connectivity index (χ1) is 10.8. The topological polar surface area (TPSA) is 49.4 Å². The van der Waals surface area contributed by atoms with Crippen LogP contribution in [-0.2, 0) is 9.59 Å². The van der Waals surface area contributed by atoms with Crippen LogP contribution >= 0.6 is 23.2 Å². The maximum atomic E-state index is 12.3. The molecule has 3 atom stereocenters. The molecule has 2 rings (SSSR count). The van der Waals surface area contributed by atoms with Gasteiger partial charge in [0, 0.05) is 36.0 Å². The highest BCUT2D eigenvalue weighted by Gasteiger charge is 2.38. The van der Waals surface area contributed by atoms with Crippen LogP contribution in [0.4, 0.5) is 0 Å². The molecule has 0 aliphatic heterocycles. The maximum absolute atomic E-state index is 12.3. The molecule has 126 valence electrons. The lowest BCUT2D eigenvalue weighted by molar-refractivity contribution is -0.131. The minimum atomic E-state index is -0.161. The van der Waals surface area contributed by atoms with E-state index in [0.717, 1.165) is 12.0 Å². The SMILES string of the molecule is CC1CC1C(=O)NCCC(=O)N(C)C(C)c1ccc(Cl)cc1Cl. The van der Waals surface area contributed by atoms with E-state index in [9.17, 15) is 9.59 Å². The predicted octanol–water partition coefficient (Wildman–Crippen LogP) is 3.68. The molecule has 3 unspecified atom stereocenters. The summed E-state index contributed by atoms with van der Waals surface area (Å²) in [6.07, 6.45) is 1.23. The molecule has 1 aromatic carbocycles. The van der Waals surface area contributed by atoms with E-state index in [0.29, 0.717) is 22.5 Å². The number of amides is 2. The van der Waals surface area contributed by atoms with Gasteiger partial charge in [-0.2, -0.15) is 0 Å². The number of carbonyl (C=O) groups excluding carboxylic acids is 2. The van der Waals surface area contributed by atoms with E-state index in [1.165, 1.54) is 0 Å². The monoisotopic (exact) mass is 356 g/mol. The van der Waals surface area contributed by atoms with Crippen molar-refractivity contribution in [2.24, 2.45) is 11.8 Å². The molecule has 0 saturated heterocycles. The third-order valence-electron chi connectivity index (χ3n) is 4.47. The van der Waals surface area contributed by atoms with Gasteiger partial charge in [-0.25, -0.2) is 0 Å². The lowest BCUT2D eigenvalue weighted by atomic mass is 10.1. The number of nitrogens with one attached hydrogen (secondary N) is 1. The zero-order valence-corrected chi connectivity index (χ0v) is 15.1. The Hall–Kier alpha value is -1.26. The van der Waals surface area contributed by atoms with Crippen molar-refractivity contribution in [1.29, 1.82) is 0 Å². The van der Waals surface area contributed by atoms with Crippen LogP contribution in [0.3, 0.4) is 0 Å². The van der Waals surface area contributed by atoms with Gasteiger partial charge in [0.15, 0.2) is 0 Å². The van der Waals surface area contributed by atoms with Gasteiger partial charge in [0.05, 0.1) is 6.04 Å². The summed E-state index contributed by atoms with van der Waals surface area (Å²) in [4.78, 5) is 25.6. The van der Waals surface area contributed by atoms with E-state index in [1.807, 2.05) is 13.0 Å². The number of nitrogens with zero attached hydrogens (tertiary/aromatic N) is 1. The molecule has 0 bridgehead atoms. The van der Waals surface area contributed by atoms with Gasteiger partial charge in [-0.1, -0.05) is 36.2 Å². The summed E-state index contributed by atoms with van der Waals surface area (Å²) in [6.45, 7) is 4.34. The summed E-state index contributed by atoms with van der Waals surface area (Å²) in [6, 6.07) is 5.10. The molecule has 1 aliphatic rings. The average molecular weight is 357 g/mol. The van der Waals surface area contributed by atoms with Crippen LogP contribution in [0.25, 0.3) is 0 Å². The summed E-state index contributed by atoms with van der Waals surface area (Å²) in [7, 11) is 1.74. The summed E-state index contributed by atoms with van der Waals surface area (Å²) in [5, 5.41) is 3.94. The highest BCUT2D eigenvalue weighted by atomic mass is 35.5. The molecule has 0 radical (unpaired) electrons. The van der Waals surface area contributed by atoms with Gasteiger partial charge in [-0.15, -0.1) is 0 Å². The molecular weight excluding hydrogens is 335 g/mol. The number of hydrogen-bond donors (Lipinski definition) is 1. The average Bonchev–Trinajstić information content (AvgIpc) is 3.22. The second-order valence-corrected chi connectivity index (χ2v) is 7.05. The molecule has 6 heteroatoms. The van der Waals surface area contributed by atoms with Crippen LogP contribution in [0.1, 0.15) is 38.3 Å². The van der Waals surface area contributed by atoms with Crippen LogP contribution in [-0.4, -0.2) is 30.3 Å². The smallest absolute Gasteiger partial charge is 0.224 e. The number of carbonyl (C=O) groups is 2. The predicted molar refractivity (Wildman–Crippen MR) is 92.5 cm³/mol. The third kappa shape index (κ3) is 4.61. The van der Waals surface area contributed by atoms with Crippen LogP contribution in [0.2, 0.25) is 10.0 Å². The van der Waals surface area contributed by atoms with Crippen molar-refractivity contribution in [1.82, 2.24) is 10.2 Å². The fourth-order valence-electron chi connectivity index (χ4n) is 2.55. The molecule has 1 aromatic rings. The maximum Gasteiger partial charge on any atom is 0.224 e. The first-order valence-corrected chi connectivity index (χ1v) is 8.55. The van der Waals surface area contributed by atoms with Crippen molar-refractivity contribution in [2.75, 3.05) is 13.6 Å². The Morgan fingerprint density at radius 1 is 1.39 bits per heavy atom. The number of hydrogen-bond acceptors (Lipinski definition) is 2. The Morgan fingerprint density at radius 3 is 2.61 bits per heavy atom. The van der Waals surface area contributed by atoms with Gasteiger partial charge in [0.25, 0.3) is 0 Å². The summed E-state index contributed by atoms with van der Waals surface area (Å²) in [5.41, 5.74) is 0.850. The van der Waals surface area contributed by atoms with Gasteiger partial charge in [-0.05, 0) is 37.0 Å². The largest absolute Gasteiger partial charge is 0.355 e. The Bertz CT molecular complexity index is 606. The van der Waals surface area contributed by atoms with E-state index < -0.39 is 0 Å². The lowest BCUT2D eigenvalue weighted by Gasteiger charge is -2.26. The van der Waals surface area contributed by atoms with Crippen molar-refractivity contribution in [3.8, 4) is 0 Å². The molecule has 1 N–H and O–H groups in total. The fraction of sp³-hybridized carbons (Fsp3) is 0.529. The Morgan fingerprint density at radius 2 is 2.04 bits per heavy atom. The molecule has 1 saturated carbocycles. The van der Waals surface area contributed by atoms with E-state index in [2.05, 4.69) is 12.2 Å². The zero-order valence-electron chi connectivity index (χ0n) is 13.6. The molecule has 4 nitrogen and oxygen atoms in total. The van der Waals surface area contributed by atoms with Crippen LogP contribution in [0.15, 0.2) is 18.2 Å². The Balaban J connectivity index is 1.84. The zero-order chi connectivity index (χ0) is 17.1. The molecule has 1 aliphatic carbocycles. The van der Waals surface area contributed by atoms with Crippen LogP contribution in [0, 0.1) is 11.8 Å². The third-order valence-corrected chi connectivity index (χ3v) is 5.03. The Kier molecular flexibility index (Phi) is 5.93.